The van der Waals surface area contributed by atoms with Crippen LogP contribution in [0, 0.1) is 17.6 Å². The molecule has 2 aromatic heterocycles. The molecule has 1 N–H and O–H groups in total. The number of allylic oxidation sites excluding steroid dienone is 1. The van der Waals surface area contributed by atoms with Gasteiger partial charge in [-0.1, -0.05) is 26.5 Å². The maximum Gasteiger partial charge on any atom is 0.283 e. The van der Waals surface area contributed by atoms with Crippen molar-refractivity contribution in [2.24, 2.45) is 10.9 Å². The molecular weight excluding hydrogens is 578 g/mol. The molecule has 224 valence electrons. The number of likely N-dealkylation sites (N-methyl/N-ethyl adjacent to an activating group) is 1. The van der Waals surface area contributed by atoms with Crippen LogP contribution in [0.1, 0.15) is 20.8 Å². The van der Waals surface area contributed by atoms with E-state index in [0.717, 1.165) is 16.7 Å². The number of hydrogen-bond donors (Lipinski definition) is 2. The van der Waals surface area contributed by atoms with Crippen LogP contribution < -0.4 is 15.4 Å². The van der Waals surface area contributed by atoms with E-state index in [1.165, 1.54) is 35.1 Å². The minimum absolute atomic E-state index is 0.00586. The maximum atomic E-state index is 16.0. The highest BCUT2D eigenvalue weighted by Crippen LogP contribution is 2.43. The zero-order valence-electron chi connectivity index (χ0n) is 24.0. The van der Waals surface area contributed by atoms with Gasteiger partial charge in [0.25, 0.3) is 11.5 Å². The molecule has 43 heavy (non-hydrogen) atoms. The van der Waals surface area contributed by atoms with Crippen LogP contribution in [-0.4, -0.2) is 70.3 Å². The molecule has 0 radical (unpaired) electrons. The van der Waals surface area contributed by atoms with Crippen LogP contribution in [-0.2, 0) is 9.59 Å². The van der Waals surface area contributed by atoms with Gasteiger partial charge in [0.15, 0.2) is 11.5 Å². The number of rotatable bonds is 5. The average Bonchev–Trinajstić information content (AvgIpc) is 2.95. The van der Waals surface area contributed by atoms with Crippen LogP contribution in [0.25, 0.3) is 27.3 Å². The quantitative estimate of drug-likeness (QED) is 0.257. The normalized spacial score (nSPS) is 18.9. The van der Waals surface area contributed by atoms with Crippen molar-refractivity contribution < 1.29 is 23.5 Å². The van der Waals surface area contributed by atoms with Gasteiger partial charge < -0.3 is 19.8 Å². The summed E-state index contributed by atoms with van der Waals surface area (Å²) in [6.45, 7) is 12.7. The number of hydrogen-bond acceptors (Lipinski definition) is 8. The van der Waals surface area contributed by atoms with E-state index in [1.54, 1.807) is 11.8 Å². The van der Waals surface area contributed by atoms with Gasteiger partial charge in [-0.05, 0) is 43.8 Å². The van der Waals surface area contributed by atoms with E-state index >= 15 is 4.39 Å². The number of fused-ring (bicyclic) bond motifs is 5. The maximum absolute atomic E-state index is 16.0. The molecule has 3 aromatic rings. The number of phenolic OH excluding ortho intramolecular Hbond substituents is 1. The molecule has 13 heteroatoms. The first-order chi connectivity index (χ1) is 20.3. The Balaban J connectivity index is 1.92. The summed E-state index contributed by atoms with van der Waals surface area (Å²) >= 11 is 4.62. The predicted octanol–water partition coefficient (Wildman–Crippen LogP) is 4.03. The summed E-state index contributed by atoms with van der Waals surface area (Å²) in [6.07, 6.45) is 1.17. The van der Waals surface area contributed by atoms with Gasteiger partial charge in [0, 0.05) is 25.0 Å². The summed E-state index contributed by atoms with van der Waals surface area (Å²) in [5.74, 6) is -3.48. The zero-order valence-corrected chi connectivity index (χ0v) is 24.9. The van der Waals surface area contributed by atoms with E-state index in [4.69, 9.17) is 0 Å². The van der Waals surface area contributed by atoms with E-state index in [-0.39, 0.29) is 52.4 Å². The van der Waals surface area contributed by atoms with E-state index in [0.29, 0.717) is 5.70 Å². The SMILES string of the molecule is C=CC(=O)N1C[C@@H]2C(=O)N(C)c3c(c4cc(F)c(-c5c(O)cccc5F)nc4n(/C(S)=C(/N=C)C(C)C)c3=O)N2C[C@H]1C. The molecular formula is C30H30F2N6O4S. The van der Waals surface area contributed by atoms with E-state index in [1.807, 2.05) is 13.8 Å². The van der Waals surface area contributed by atoms with Crippen molar-refractivity contribution in [3.63, 3.8) is 0 Å². The number of benzene rings is 1. The van der Waals surface area contributed by atoms with Crippen LogP contribution in [0.4, 0.5) is 20.2 Å². The number of aromatic hydroxyl groups is 1. The minimum atomic E-state index is -0.972. The first kappa shape index (κ1) is 30.0. The van der Waals surface area contributed by atoms with Crippen molar-refractivity contribution in [2.45, 2.75) is 32.9 Å². The first-order valence-corrected chi connectivity index (χ1v) is 13.9. The number of aliphatic imine (C=N–C) groups is 1. The molecule has 2 aliphatic rings. The highest BCUT2D eigenvalue weighted by atomic mass is 32.1. The summed E-state index contributed by atoms with van der Waals surface area (Å²) in [6, 6.07) is 3.34. The Bertz CT molecular complexity index is 1800. The number of phenols is 1. The van der Waals surface area contributed by atoms with Gasteiger partial charge in [0.1, 0.15) is 34.0 Å². The van der Waals surface area contributed by atoms with Gasteiger partial charge in [-0.3, -0.25) is 23.9 Å². The second-order valence-electron chi connectivity index (χ2n) is 10.8. The third kappa shape index (κ3) is 4.58. The number of carbonyl (C=O) groups is 2. The van der Waals surface area contributed by atoms with Crippen molar-refractivity contribution in [3.8, 4) is 17.0 Å². The molecule has 1 saturated heterocycles. The topological polar surface area (TPSA) is 111 Å². The summed E-state index contributed by atoms with van der Waals surface area (Å²) in [5.41, 5.74) is -1.31. The number of nitrogens with zero attached hydrogens (tertiary/aromatic N) is 6. The minimum Gasteiger partial charge on any atom is -0.507 e. The molecule has 5 rings (SSSR count). The number of thiol groups is 1. The molecule has 1 fully saturated rings. The van der Waals surface area contributed by atoms with Gasteiger partial charge in [0.2, 0.25) is 5.91 Å². The number of anilines is 2. The lowest BCUT2D eigenvalue weighted by Gasteiger charge is -2.49. The second kappa shape index (κ2) is 11.0. The van der Waals surface area contributed by atoms with Crippen molar-refractivity contribution in [3.05, 3.63) is 64.6 Å². The molecule has 4 heterocycles. The molecule has 2 aliphatic heterocycles. The molecule has 0 bridgehead atoms. The molecule has 0 aliphatic carbocycles. The number of pyridine rings is 2. The van der Waals surface area contributed by atoms with Crippen molar-refractivity contribution in [1.82, 2.24) is 14.5 Å². The van der Waals surface area contributed by atoms with Gasteiger partial charge >= 0.3 is 0 Å². The zero-order chi connectivity index (χ0) is 31.5. The Morgan fingerprint density at radius 1 is 1.21 bits per heavy atom. The number of halogens is 2. The van der Waals surface area contributed by atoms with Crippen molar-refractivity contribution in [2.75, 3.05) is 29.9 Å². The van der Waals surface area contributed by atoms with Crippen LogP contribution in [0.2, 0.25) is 0 Å². The number of piperazine rings is 1. The molecule has 1 aromatic carbocycles. The molecule has 0 unspecified atom stereocenters. The summed E-state index contributed by atoms with van der Waals surface area (Å²) in [5, 5.41) is 10.6. The van der Waals surface area contributed by atoms with E-state index in [2.05, 4.69) is 35.9 Å². The highest BCUT2D eigenvalue weighted by Gasteiger charge is 2.46. The fraction of sp³-hybridized carbons (Fsp3) is 0.300. The molecule has 0 spiro atoms. The summed E-state index contributed by atoms with van der Waals surface area (Å²) < 4.78 is 32.0. The largest absolute Gasteiger partial charge is 0.507 e. The highest BCUT2D eigenvalue weighted by molar-refractivity contribution is 7.90. The Hall–Kier alpha value is -4.52. The molecule has 2 amide bonds. The predicted molar refractivity (Wildman–Crippen MR) is 166 cm³/mol. The Morgan fingerprint density at radius 2 is 1.91 bits per heavy atom. The monoisotopic (exact) mass is 608 g/mol. The van der Waals surface area contributed by atoms with E-state index in [9.17, 15) is 23.9 Å². The van der Waals surface area contributed by atoms with Crippen LogP contribution >= 0.6 is 12.6 Å². The lowest BCUT2D eigenvalue weighted by Crippen LogP contribution is -2.66. The van der Waals surface area contributed by atoms with Crippen LogP contribution in [0.5, 0.6) is 5.75 Å². The third-order valence-corrected chi connectivity index (χ3v) is 8.30. The third-order valence-electron chi connectivity index (χ3n) is 7.87. The Labute approximate surface area is 251 Å². The number of amides is 2. The first-order valence-electron chi connectivity index (χ1n) is 13.5. The van der Waals surface area contributed by atoms with Gasteiger partial charge in [-0.15, -0.1) is 12.6 Å². The number of aromatic nitrogens is 2. The lowest BCUT2D eigenvalue weighted by atomic mass is 9.98. The second-order valence-corrected chi connectivity index (χ2v) is 11.2. The lowest BCUT2D eigenvalue weighted by molar-refractivity contribution is -0.130. The van der Waals surface area contributed by atoms with Crippen molar-refractivity contribution in [1.29, 1.82) is 0 Å². The fourth-order valence-electron chi connectivity index (χ4n) is 5.78. The van der Waals surface area contributed by atoms with E-state index < -0.39 is 52.2 Å². The van der Waals surface area contributed by atoms with Gasteiger partial charge in [-0.25, -0.2) is 13.8 Å². The number of carbonyl (C=O) groups excluding carboxylic acids is 2. The standard InChI is InChI=1S/C30H30F2N6O4S/c1-7-21(40)36-13-19-28(41)35(6)26-25(37(19)12-15(36)4)16-11-18(32)24(22-17(31)9-8-10-20(22)39)34-27(16)38(29(26)42)30(43)23(33-5)14(2)3/h7-11,14-15,19,39,43H,1,5,12-13H2,2-4,6H3/b30-23-/t15-,19-/m1/s1. The summed E-state index contributed by atoms with van der Waals surface area (Å²) in [4.78, 5) is 53.5. The molecule has 2 atom stereocenters. The Morgan fingerprint density at radius 3 is 2.51 bits per heavy atom. The van der Waals surface area contributed by atoms with Gasteiger partial charge in [-0.2, -0.15) is 0 Å². The summed E-state index contributed by atoms with van der Waals surface area (Å²) in [7, 11) is 1.43. The molecule has 10 nitrogen and oxygen atoms in total. The molecule has 0 saturated carbocycles. The average molecular weight is 609 g/mol. The van der Waals surface area contributed by atoms with Crippen LogP contribution in [0.3, 0.4) is 0 Å². The Kier molecular flexibility index (Phi) is 7.63. The van der Waals surface area contributed by atoms with Gasteiger partial charge in [0.05, 0.1) is 23.5 Å². The fourth-order valence-corrected chi connectivity index (χ4v) is 6.30. The van der Waals surface area contributed by atoms with Crippen molar-refractivity contribution >= 4 is 58.6 Å². The van der Waals surface area contributed by atoms with Crippen LogP contribution in [0.15, 0.2) is 52.4 Å². The smallest absolute Gasteiger partial charge is 0.283 e.